The van der Waals surface area contributed by atoms with Crippen molar-refractivity contribution in [2.75, 3.05) is 33.9 Å². The average molecular weight is 442 g/mol. The fourth-order valence-corrected chi connectivity index (χ4v) is 4.71. The highest BCUT2D eigenvalue weighted by Crippen LogP contribution is 2.43. The standard InChI is InChI=1S/C22H35NO8/c1-13(2)5-6-17-21(30-17)19-15(27-3)7-8-16(20(19)28-4)31-22(26)23-10-9-14(11-23)29-12-18(24)25/h5,14-17,19-21H,6-12H2,1-4H3,(H,24,25)/t14?,15?,16-,17-,19?,20-,21?/m1/s1. The number of ether oxygens (including phenoxy) is 5. The van der Waals surface area contributed by atoms with Crippen molar-refractivity contribution >= 4 is 12.1 Å². The maximum atomic E-state index is 12.7. The van der Waals surface area contributed by atoms with Gasteiger partial charge in [0.25, 0.3) is 0 Å². The molecule has 1 N–H and O–H groups in total. The zero-order chi connectivity index (χ0) is 22.5. The van der Waals surface area contributed by atoms with E-state index < -0.39 is 12.1 Å². The van der Waals surface area contributed by atoms with Crippen molar-refractivity contribution in [1.82, 2.24) is 4.90 Å². The van der Waals surface area contributed by atoms with Crippen molar-refractivity contribution in [3.8, 4) is 0 Å². The van der Waals surface area contributed by atoms with Crippen LogP contribution in [0.15, 0.2) is 11.6 Å². The average Bonchev–Trinajstić information content (AvgIpc) is 3.34. The number of aliphatic carboxylic acids is 1. The molecule has 4 unspecified atom stereocenters. The normalized spacial score (nSPS) is 35.0. The largest absolute Gasteiger partial charge is 0.480 e. The molecule has 0 aromatic rings. The summed E-state index contributed by atoms with van der Waals surface area (Å²) in [6, 6.07) is 0. The van der Waals surface area contributed by atoms with Gasteiger partial charge in [-0.1, -0.05) is 11.6 Å². The topological polar surface area (TPSA) is 107 Å². The number of carbonyl (C=O) groups excluding carboxylic acids is 1. The number of rotatable bonds is 9. The lowest BCUT2D eigenvalue weighted by Gasteiger charge is -2.41. The van der Waals surface area contributed by atoms with E-state index in [2.05, 4.69) is 19.9 Å². The van der Waals surface area contributed by atoms with Gasteiger partial charge in [0, 0.05) is 26.7 Å². The Kier molecular flexibility index (Phi) is 8.32. The lowest BCUT2D eigenvalue weighted by Crippen LogP contribution is -2.52. The van der Waals surface area contributed by atoms with Crippen molar-refractivity contribution in [3.05, 3.63) is 11.6 Å². The maximum Gasteiger partial charge on any atom is 0.410 e. The van der Waals surface area contributed by atoms with E-state index in [9.17, 15) is 9.59 Å². The van der Waals surface area contributed by atoms with Gasteiger partial charge in [-0.2, -0.15) is 0 Å². The van der Waals surface area contributed by atoms with Gasteiger partial charge in [0.1, 0.15) is 18.8 Å². The van der Waals surface area contributed by atoms with Crippen LogP contribution in [0.2, 0.25) is 0 Å². The van der Waals surface area contributed by atoms with Gasteiger partial charge in [-0.15, -0.1) is 0 Å². The van der Waals surface area contributed by atoms with Crippen LogP contribution >= 0.6 is 0 Å². The molecule has 1 amide bonds. The van der Waals surface area contributed by atoms with Gasteiger partial charge in [0.05, 0.1) is 31.0 Å². The quantitative estimate of drug-likeness (QED) is 0.429. The van der Waals surface area contributed by atoms with Gasteiger partial charge in [0.2, 0.25) is 0 Å². The van der Waals surface area contributed by atoms with Gasteiger partial charge < -0.3 is 33.7 Å². The zero-order valence-corrected chi connectivity index (χ0v) is 18.8. The smallest absolute Gasteiger partial charge is 0.410 e. The number of methoxy groups -OCH3 is 2. The number of likely N-dealkylation sites (tertiary alicyclic amines) is 1. The third kappa shape index (κ3) is 6.19. The summed E-state index contributed by atoms with van der Waals surface area (Å²) in [4.78, 5) is 25.0. The number of hydrogen-bond acceptors (Lipinski definition) is 7. The van der Waals surface area contributed by atoms with Crippen molar-refractivity contribution in [1.29, 1.82) is 0 Å². The van der Waals surface area contributed by atoms with E-state index >= 15 is 0 Å². The summed E-state index contributed by atoms with van der Waals surface area (Å²) in [5.41, 5.74) is 1.26. The number of epoxide rings is 1. The predicted octanol–water partition coefficient (Wildman–Crippen LogP) is 2.23. The van der Waals surface area contributed by atoms with Crippen LogP contribution in [0.1, 0.15) is 39.5 Å². The maximum absolute atomic E-state index is 12.7. The molecule has 2 saturated heterocycles. The second kappa shape index (κ2) is 10.8. The fourth-order valence-electron chi connectivity index (χ4n) is 4.71. The molecule has 1 saturated carbocycles. The van der Waals surface area contributed by atoms with Crippen LogP contribution < -0.4 is 0 Å². The number of amides is 1. The molecular weight excluding hydrogens is 406 g/mol. The van der Waals surface area contributed by atoms with Crippen LogP contribution in [0.5, 0.6) is 0 Å². The molecule has 3 fully saturated rings. The third-order valence-corrected chi connectivity index (χ3v) is 6.34. The SMILES string of the molecule is COC1CC[C@@H](OC(=O)N2CCC(OCC(=O)O)C2)[C@@H](OC)C1C1O[C@@H]1CC=C(C)C. The Morgan fingerprint density at radius 2 is 1.87 bits per heavy atom. The molecule has 2 heterocycles. The number of allylic oxidation sites excluding steroid dienone is 1. The highest BCUT2D eigenvalue weighted by molar-refractivity contribution is 5.69. The second-order valence-electron chi connectivity index (χ2n) is 8.77. The lowest BCUT2D eigenvalue weighted by atomic mass is 9.78. The Labute approximate surface area is 183 Å². The van der Waals surface area contributed by atoms with Gasteiger partial charge in [-0.25, -0.2) is 9.59 Å². The number of carboxylic acid groups (broad SMARTS) is 1. The number of carboxylic acids is 1. The highest BCUT2D eigenvalue weighted by Gasteiger charge is 2.55. The summed E-state index contributed by atoms with van der Waals surface area (Å²) in [7, 11) is 3.33. The molecule has 0 aromatic carbocycles. The minimum atomic E-state index is -1.02. The summed E-state index contributed by atoms with van der Waals surface area (Å²) < 4.78 is 28.7. The molecule has 3 rings (SSSR count). The van der Waals surface area contributed by atoms with Gasteiger partial charge >= 0.3 is 12.1 Å². The minimum absolute atomic E-state index is 0.0117. The predicted molar refractivity (Wildman–Crippen MR) is 111 cm³/mol. The van der Waals surface area contributed by atoms with Crippen molar-refractivity contribution < 1.29 is 38.4 Å². The molecule has 9 nitrogen and oxygen atoms in total. The van der Waals surface area contributed by atoms with E-state index in [-0.39, 0.29) is 49.1 Å². The molecule has 1 aliphatic carbocycles. The van der Waals surface area contributed by atoms with Crippen molar-refractivity contribution in [3.63, 3.8) is 0 Å². The van der Waals surface area contributed by atoms with E-state index in [4.69, 9.17) is 28.8 Å². The second-order valence-corrected chi connectivity index (χ2v) is 8.77. The number of nitrogens with zero attached hydrogens (tertiary/aromatic N) is 1. The molecule has 9 heteroatoms. The first-order chi connectivity index (χ1) is 14.8. The molecule has 0 bridgehead atoms. The van der Waals surface area contributed by atoms with Gasteiger partial charge in [-0.3, -0.25) is 0 Å². The van der Waals surface area contributed by atoms with Crippen LogP contribution in [0.3, 0.4) is 0 Å². The molecular formula is C22H35NO8. The summed E-state index contributed by atoms with van der Waals surface area (Å²) in [5.74, 6) is -1.03. The summed E-state index contributed by atoms with van der Waals surface area (Å²) in [5, 5.41) is 8.75. The van der Waals surface area contributed by atoms with Crippen molar-refractivity contribution in [2.24, 2.45) is 5.92 Å². The minimum Gasteiger partial charge on any atom is -0.480 e. The molecule has 2 aliphatic heterocycles. The van der Waals surface area contributed by atoms with Gasteiger partial charge in [0.15, 0.2) is 0 Å². The van der Waals surface area contributed by atoms with E-state index in [0.29, 0.717) is 25.9 Å². The molecule has 31 heavy (non-hydrogen) atoms. The Hall–Kier alpha value is -1.68. The Morgan fingerprint density at radius 3 is 2.52 bits per heavy atom. The summed E-state index contributed by atoms with van der Waals surface area (Å²) in [6.07, 6.45) is 3.78. The van der Waals surface area contributed by atoms with E-state index in [1.54, 1.807) is 19.1 Å². The molecule has 3 aliphatic rings. The third-order valence-electron chi connectivity index (χ3n) is 6.34. The van der Waals surface area contributed by atoms with E-state index in [1.807, 2.05) is 0 Å². The Morgan fingerprint density at radius 1 is 1.13 bits per heavy atom. The number of carbonyl (C=O) groups is 2. The molecule has 0 radical (unpaired) electrons. The van der Waals surface area contributed by atoms with Crippen LogP contribution in [-0.2, 0) is 28.5 Å². The number of hydrogen-bond donors (Lipinski definition) is 1. The first kappa shape index (κ1) is 24.0. The Balaban J connectivity index is 1.58. The molecule has 7 atom stereocenters. The van der Waals surface area contributed by atoms with Crippen LogP contribution in [-0.4, -0.2) is 92.6 Å². The molecule has 0 spiro atoms. The van der Waals surface area contributed by atoms with Crippen LogP contribution in [0.4, 0.5) is 4.79 Å². The first-order valence-electron chi connectivity index (χ1n) is 11.0. The highest BCUT2D eigenvalue weighted by atomic mass is 16.6. The first-order valence-corrected chi connectivity index (χ1v) is 11.0. The van der Waals surface area contributed by atoms with Gasteiger partial charge in [-0.05, 0) is 39.5 Å². The Bertz CT molecular complexity index is 664. The van der Waals surface area contributed by atoms with Crippen LogP contribution in [0.25, 0.3) is 0 Å². The summed E-state index contributed by atoms with van der Waals surface area (Å²) in [6.45, 7) is 4.58. The molecule has 176 valence electrons. The van der Waals surface area contributed by atoms with Crippen LogP contribution in [0, 0.1) is 5.92 Å². The zero-order valence-electron chi connectivity index (χ0n) is 18.8. The monoisotopic (exact) mass is 441 g/mol. The summed E-state index contributed by atoms with van der Waals surface area (Å²) >= 11 is 0. The van der Waals surface area contributed by atoms with Crippen molar-refractivity contribution in [2.45, 2.75) is 76.2 Å². The van der Waals surface area contributed by atoms with E-state index in [1.165, 1.54) is 5.57 Å². The van der Waals surface area contributed by atoms with E-state index in [0.717, 1.165) is 12.8 Å². The fraction of sp³-hybridized carbons (Fsp3) is 0.818. The molecule has 0 aromatic heterocycles. The lowest BCUT2D eigenvalue weighted by molar-refractivity contribution is -0.144.